The highest BCUT2D eigenvalue weighted by Crippen LogP contribution is 2.44. The van der Waals surface area contributed by atoms with Gasteiger partial charge in [0.25, 0.3) is 11.6 Å². The van der Waals surface area contributed by atoms with Crippen LogP contribution in [0.15, 0.2) is 18.2 Å². The highest BCUT2D eigenvalue weighted by atomic mass is 32.2. The van der Waals surface area contributed by atoms with Crippen molar-refractivity contribution in [3.63, 3.8) is 0 Å². The molecule has 1 spiro atoms. The fourth-order valence-electron chi connectivity index (χ4n) is 5.32. The number of nitro groups is 1. The standard InChI is InChI=1S/C23H31N3O4S/c1-17-6-8-19(16-20(17)26(29)30)22(28)24-12-10-23(11-13-24)25(14-15-31-23)21(27)9-7-18-4-2-3-5-18/h6,8,16,18H,2-5,7,9-15H2,1H3. The Balaban J connectivity index is 1.37. The molecule has 31 heavy (non-hydrogen) atoms. The number of amides is 2. The third-order valence-corrected chi connectivity index (χ3v) is 8.76. The predicted molar refractivity (Wildman–Crippen MR) is 121 cm³/mol. The van der Waals surface area contributed by atoms with E-state index in [4.69, 9.17) is 0 Å². The van der Waals surface area contributed by atoms with Crippen molar-refractivity contribution in [1.82, 2.24) is 9.80 Å². The Morgan fingerprint density at radius 3 is 2.58 bits per heavy atom. The number of piperidine rings is 1. The molecule has 7 nitrogen and oxygen atoms in total. The number of nitro benzene ring substituents is 1. The van der Waals surface area contributed by atoms with Crippen molar-refractivity contribution in [2.75, 3.05) is 25.4 Å². The van der Waals surface area contributed by atoms with E-state index in [9.17, 15) is 19.7 Å². The van der Waals surface area contributed by atoms with E-state index >= 15 is 0 Å². The fourth-order valence-corrected chi connectivity index (χ4v) is 6.79. The van der Waals surface area contributed by atoms with E-state index < -0.39 is 4.92 Å². The average molecular weight is 446 g/mol. The second-order valence-corrected chi connectivity index (χ2v) is 10.5. The zero-order valence-electron chi connectivity index (χ0n) is 18.2. The van der Waals surface area contributed by atoms with Gasteiger partial charge in [-0.05, 0) is 38.2 Å². The van der Waals surface area contributed by atoms with Gasteiger partial charge in [-0.15, -0.1) is 11.8 Å². The van der Waals surface area contributed by atoms with Crippen LogP contribution < -0.4 is 0 Å². The van der Waals surface area contributed by atoms with Crippen molar-refractivity contribution in [3.05, 3.63) is 39.4 Å². The van der Waals surface area contributed by atoms with Crippen LogP contribution in [0, 0.1) is 23.0 Å². The Bertz CT molecular complexity index is 860. The quantitative estimate of drug-likeness (QED) is 0.496. The third-order valence-electron chi connectivity index (χ3n) is 7.20. The van der Waals surface area contributed by atoms with E-state index in [0.29, 0.717) is 36.6 Å². The van der Waals surface area contributed by atoms with E-state index in [0.717, 1.165) is 31.6 Å². The summed E-state index contributed by atoms with van der Waals surface area (Å²) < 4.78 is 0. The first-order chi connectivity index (χ1) is 14.9. The van der Waals surface area contributed by atoms with Crippen LogP contribution in [0.4, 0.5) is 5.69 Å². The first kappa shape index (κ1) is 22.1. The van der Waals surface area contributed by atoms with E-state index in [-0.39, 0.29) is 22.4 Å². The molecule has 0 N–H and O–H groups in total. The molecule has 2 heterocycles. The summed E-state index contributed by atoms with van der Waals surface area (Å²) >= 11 is 1.86. The highest BCUT2D eigenvalue weighted by molar-refractivity contribution is 8.00. The number of thioether (sulfide) groups is 1. The maximum atomic E-state index is 13.0. The van der Waals surface area contributed by atoms with Crippen LogP contribution in [0.3, 0.4) is 0 Å². The molecule has 0 bridgehead atoms. The normalized spacial score (nSPS) is 21.1. The van der Waals surface area contributed by atoms with Crippen LogP contribution in [0.1, 0.15) is 67.3 Å². The molecule has 2 aliphatic heterocycles. The first-order valence-electron chi connectivity index (χ1n) is 11.4. The molecule has 2 amide bonds. The largest absolute Gasteiger partial charge is 0.338 e. The minimum absolute atomic E-state index is 0.0234. The van der Waals surface area contributed by atoms with Crippen LogP contribution in [-0.4, -0.2) is 56.8 Å². The van der Waals surface area contributed by atoms with Crippen LogP contribution in [0.2, 0.25) is 0 Å². The van der Waals surface area contributed by atoms with E-state index in [1.54, 1.807) is 24.0 Å². The maximum Gasteiger partial charge on any atom is 0.273 e. The molecule has 1 aliphatic carbocycles. The lowest BCUT2D eigenvalue weighted by molar-refractivity contribution is -0.385. The van der Waals surface area contributed by atoms with Gasteiger partial charge in [-0.1, -0.05) is 31.7 Å². The van der Waals surface area contributed by atoms with Gasteiger partial charge in [0.05, 0.1) is 9.79 Å². The summed E-state index contributed by atoms with van der Waals surface area (Å²) in [6, 6.07) is 4.68. The zero-order valence-corrected chi connectivity index (χ0v) is 19.0. The van der Waals surface area contributed by atoms with Crippen molar-refractivity contribution < 1.29 is 14.5 Å². The number of carbonyl (C=O) groups excluding carboxylic acids is 2. The maximum absolute atomic E-state index is 13.0. The molecule has 168 valence electrons. The Kier molecular flexibility index (Phi) is 6.55. The molecule has 0 radical (unpaired) electrons. The van der Waals surface area contributed by atoms with Crippen molar-refractivity contribution in [1.29, 1.82) is 0 Å². The Morgan fingerprint density at radius 1 is 1.19 bits per heavy atom. The molecule has 4 rings (SSSR count). The third kappa shape index (κ3) is 4.59. The van der Waals surface area contributed by atoms with Crippen molar-refractivity contribution in [2.24, 2.45) is 5.92 Å². The molecule has 2 saturated heterocycles. The smallest absolute Gasteiger partial charge is 0.273 e. The molecule has 8 heteroatoms. The summed E-state index contributed by atoms with van der Waals surface area (Å²) in [5.74, 6) is 1.77. The van der Waals surface area contributed by atoms with Crippen LogP contribution >= 0.6 is 11.8 Å². The number of hydrogen-bond donors (Lipinski definition) is 0. The number of nitrogens with zero attached hydrogens (tertiary/aromatic N) is 3. The summed E-state index contributed by atoms with van der Waals surface area (Å²) in [7, 11) is 0. The summed E-state index contributed by atoms with van der Waals surface area (Å²) in [4.78, 5) is 40.4. The topological polar surface area (TPSA) is 83.8 Å². The van der Waals surface area contributed by atoms with Crippen LogP contribution in [0.5, 0.6) is 0 Å². The van der Waals surface area contributed by atoms with Gasteiger partial charge in [-0.2, -0.15) is 0 Å². The molecule has 3 aliphatic rings. The summed E-state index contributed by atoms with van der Waals surface area (Å²) in [6.45, 7) is 3.61. The Labute approximate surface area is 187 Å². The predicted octanol–water partition coefficient (Wildman–Crippen LogP) is 4.38. The van der Waals surface area contributed by atoms with Gasteiger partial charge in [0.2, 0.25) is 5.91 Å². The zero-order chi connectivity index (χ0) is 22.0. The molecular weight excluding hydrogens is 414 g/mol. The molecule has 3 fully saturated rings. The van der Waals surface area contributed by atoms with Gasteiger partial charge in [0, 0.05) is 49.0 Å². The average Bonchev–Trinajstić information content (AvgIpc) is 3.42. The van der Waals surface area contributed by atoms with E-state index in [2.05, 4.69) is 4.90 Å². The number of benzene rings is 1. The monoisotopic (exact) mass is 445 g/mol. The summed E-state index contributed by atoms with van der Waals surface area (Å²) in [5, 5.41) is 11.2. The van der Waals surface area contributed by atoms with Crippen LogP contribution in [0.25, 0.3) is 0 Å². The van der Waals surface area contributed by atoms with Gasteiger partial charge in [0.15, 0.2) is 0 Å². The van der Waals surface area contributed by atoms with Gasteiger partial charge < -0.3 is 9.80 Å². The number of rotatable bonds is 5. The first-order valence-corrected chi connectivity index (χ1v) is 12.4. The molecule has 0 atom stereocenters. The Morgan fingerprint density at radius 2 is 1.90 bits per heavy atom. The van der Waals surface area contributed by atoms with Gasteiger partial charge in [-0.25, -0.2) is 0 Å². The summed E-state index contributed by atoms with van der Waals surface area (Å²) in [5.41, 5.74) is 0.884. The Hall–Kier alpha value is -2.09. The van der Waals surface area contributed by atoms with Crippen molar-refractivity contribution in [2.45, 2.75) is 63.2 Å². The van der Waals surface area contributed by atoms with Gasteiger partial charge >= 0.3 is 0 Å². The van der Waals surface area contributed by atoms with Crippen molar-refractivity contribution in [3.8, 4) is 0 Å². The molecular formula is C23H31N3O4S. The number of hydrogen-bond acceptors (Lipinski definition) is 5. The van der Waals surface area contributed by atoms with Gasteiger partial charge in [-0.3, -0.25) is 19.7 Å². The molecule has 1 saturated carbocycles. The number of carbonyl (C=O) groups is 2. The number of likely N-dealkylation sites (tertiary alicyclic amines) is 1. The lowest BCUT2D eigenvalue weighted by Gasteiger charge is -2.44. The second-order valence-electron chi connectivity index (χ2n) is 9.08. The lowest BCUT2D eigenvalue weighted by Crippen LogP contribution is -2.53. The second kappa shape index (κ2) is 9.18. The van der Waals surface area contributed by atoms with Crippen LogP contribution in [-0.2, 0) is 4.79 Å². The molecule has 0 aromatic heterocycles. The van der Waals surface area contributed by atoms with Crippen molar-refractivity contribution >= 4 is 29.3 Å². The highest BCUT2D eigenvalue weighted by Gasteiger charge is 2.46. The minimum Gasteiger partial charge on any atom is -0.338 e. The molecule has 1 aromatic rings. The fraction of sp³-hybridized carbons (Fsp3) is 0.652. The molecule has 1 aromatic carbocycles. The van der Waals surface area contributed by atoms with Gasteiger partial charge in [0.1, 0.15) is 0 Å². The van der Waals surface area contributed by atoms with E-state index in [1.165, 1.54) is 31.7 Å². The summed E-state index contributed by atoms with van der Waals surface area (Å²) in [6.07, 6.45) is 8.30. The lowest BCUT2D eigenvalue weighted by atomic mass is 9.98. The number of aryl methyl sites for hydroxylation is 1. The molecule has 0 unspecified atom stereocenters. The minimum atomic E-state index is -0.443. The SMILES string of the molecule is Cc1ccc(C(=O)N2CCC3(CC2)SCCN3C(=O)CCC2CCCC2)cc1[N+](=O)[O-]. The van der Waals surface area contributed by atoms with E-state index in [1.807, 2.05) is 11.8 Å².